The van der Waals surface area contributed by atoms with Gasteiger partial charge in [0.15, 0.2) is 0 Å². The summed E-state index contributed by atoms with van der Waals surface area (Å²) >= 11 is 0. The number of amides is 1. The van der Waals surface area contributed by atoms with Gasteiger partial charge in [-0.1, -0.05) is 0 Å². The number of carbonyl (C=O) groups excluding carboxylic acids is 1. The summed E-state index contributed by atoms with van der Waals surface area (Å²) in [5.41, 5.74) is 2.05. The molecule has 6 heteroatoms. The summed E-state index contributed by atoms with van der Waals surface area (Å²) in [6.45, 7) is 10.6. The summed E-state index contributed by atoms with van der Waals surface area (Å²) in [6.07, 6.45) is 3.74. The first-order chi connectivity index (χ1) is 11.5. The molecule has 1 amide bonds. The molecule has 1 atom stereocenters. The maximum absolute atomic E-state index is 12.2. The molecule has 1 aromatic heterocycles. The van der Waals surface area contributed by atoms with E-state index >= 15 is 0 Å². The molecule has 0 saturated carbocycles. The third-order valence-electron chi connectivity index (χ3n) is 4.85. The summed E-state index contributed by atoms with van der Waals surface area (Å²) in [5.74, 6) is 0.0487. The molecule has 0 N–H and O–H groups in total. The topological polar surface area (TPSA) is 54.9 Å². The van der Waals surface area contributed by atoms with E-state index < -0.39 is 5.60 Å². The van der Waals surface area contributed by atoms with Gasteiger partial charge in [0.25, 0.3) is 0 Å². The van der Waals surface area contributed by atoms with Crippen LogP contribution in [-0.2, 0) is 20.8 Å². The van der Waals surface area contributed by atoms with Crippen molar-refractivity contribution in [2.45, 2.75) is 39.0 Å². The van der Waals surface area contributed by atoms with Crippen molar-refractivity contribution < 1.29 is 14.3 Å². The number of pyridine rings is 1. The minimum absolute atomic E-state index is 0.0487. The lowest BCUT2D eigenvalue weighted by Crippen LogP contribution is -2.59. The van der Waals surface area contributed by atoms with Gasteiger partial charge in [-0.25, -0.2) is 0 Å². The Labute approximate surface area is 143 Å². The number of hydrogen-bond donors (Lipinski definition) is 0. The maximum atomic E-state index is 12.2. The van der Waals surface area contributed by atoms with Gasteiger partial charge >= 0.3 is 0 Å². The van der Waals surface area contributed by atoms with E-state index in [0.717, 1.165) is 19.6 Å². The van der Waals surface area contributed by atoms with Crippen LogP contribution in [0.3, 0.4) is 0 Å². The monoisotopic (exact) mass is 333 g/mol. The van der Waals surface area contributed by atoms with Gasteiger partial charge in [0.2, 0.25) is 5.91 Å². The Hall–Kier alpha value is -1.50. The molecule has 0 aromatic carbocycles. The third kappa shape index (κ3) is 3.77. The van der Waals surface area contributed by atoms with Gasteiger partial charge in [-0.2, -0.15) is 0 Å². The molecule has 2 aliphatic rings. The Balaban J connectivity index is 1.74. The summed E-state index contributed by atoms with van der Waals surface area (Å²) < 4.78 is 11.8. The SMILES string of the molecule is Cc1cnccc1CN1CCOC2(COCC(=O)N(C(C)C)C2)C1. The molecule has 1 unspecified atom stereocenters. The molecule has 2 saturated heterocycles. The van der Waals surface area contributed by atoms with Crippen molar-refractivity contribution in [3.05, 3.63) is 29.6 Å². The molecule has 0 aliphatic carbocycles. The average Bonchev–Trinajstić information content (AvgIpc) is 2.69. The Bertz CT molecular complexity index is 593. The van der Waals surface area contributed by atoms with Crippen molar-refractivity contribution in [3.63, 3.8) is 0 Å². The van der Waals surface area contributed by atoms with Crippen LogP contribution >= 0.6 is 0 Å². The standard InChI is InChI=1S/C18H27N3O3/c1-14(2)21-12-18(13-23-10-17(21)22)11-20(6-7-24-18)9-16-4-5-19-8-15(16)3/h4-5,8,14H,6-7,9-13H2,1-3H3. The van der Waals surface area contributed by atoms with E-state index in [2.05, 4.69) is 22.9 Å². The van der Waals surface area contributed by atoms with Crippen molar-refractivity contribution in [3.8, 4) is 0 Å². The molecule has 0 radical (unpaired) electrons. The minimum atomic E-state index is -0.435. The van der Waals surface area contributed by atoms with Gasteiger partial charge in [-0.15, -0.1) is 0 Å². The highest BCUT2D eigenvalue weighted by atomic mass is 16.5. The second kappa shape index (κ2) is 7.17. The van der Waals surface area contributed by atoms with Crippen LogP contribution in [0.15, 0.2) is 18.5 Å². The van der Waals surface area contributed by atoms with Crippen LogP contribution in [0.4, 0.5) is 0 Å². The lowest BCUT2D eigenvalue weighted by Gasteiger charge is -2.44. The lowest BCUT2D eigenvalue weighted by molar-refractivity contribution is -0.147. The number of hydrogen-bond acceptors (Lipinski definition) is 5. The Kier molecular flexibility index (Phi) is 5.18. The highest BCUT2D eigenvalue weighted by molar-refractivity contribution is 5.78. The first-order valence-corrected chi connectivity index (χ1v) is 8.62. The summed E-state index contributed by atoms with van der Waals surface area (Å²) in [5, 5.41) is 0. The van der Waals surface area contributed by atoms with Crippen LogP contribution in [0, 0.1) is 6.92 Å². The van der Waals surface area contributed by atoms with E-state index in [4.69, 9.17) is 9.47 Å². The second-order valence-electron chi connectivity index (χ2n) is 7.15. The minimum Gasteiger partial charge on any atom is -0.369 e. The van der Waals surface area contributed by atoms with Gasteiger partial charge < -0.3 is 14.4 Å². The smallest absolute Gasteiger partial charge is 0.248 e. The summed E-state index contributed by atoms with van der Waals surface area (Å²) in [4.78, 5) is 20.7. The molecule has 2 aliphatic heterocycles. The number of aromatic nitrogens is 1. The number of nitrogens with zero attached hydrogens (tertiary/aromatic N) is 3. The van der Waals surface area contributed by atoms with Crippen molar-refractivity contribution in [2.24, 2.45) is 0 Å². The Morgan fingerprint density at radius 2 is 2.21 bits per heavy atom. The predicted molar refractivity (Wildman–Crippen MR) is 90.6 cm³/mol. The first-order valence-electron chi connectivity index (χ1n) is 8.62. The largest absolute Gasteiger partial charge is 0.369 e. The fourth-order valence-corrected chi connectivity index (χ4v) is 3.48. The molecule has 3 heterocycles. The molecule has 6 nitrogen and oxygen atoms in total. The molecular weight excluding hydrogens is 306 g/mol. The first kappa shape index (κ1) is 17.3. The molecular formula is C18H27N3O3. The summed E-state index contributed by atoms with van der Waals surface area (Å²) in [6, 6.07) is 2.22. The molecule has 1 spiro atoms. The number of rotatable bonds is 3. The van der Waals surface area contributed by atoms with Crippen molar-refractivity contribution in [2.75, 3.05) is 39.5 Å². The quantitative estimate of drug-likeness (QED) is 0.833. The molecule has 2 fully saturated rings. The Morgan fingerprint density at radius 3 is 2.96 bits per heavy atom. The van der Waals surface area contributed by atoms with Gasteiger partial charge in [0, 0.05) is 38.1 Å². The normalized spacial score (nSPS) is 26.2. The van der Waals surface area contributed by atoms with Crippen molar-refractivity contribution in [1.29, 1.82) is 0 Å². The van der Waals surface area contributed by atoms with Crippen LogP contribution in [-0.4, -0.2) is 71.8 Å². The highest BCUT2D eigenvalue weighted by Crippen LogP contribution is 2.25. The zero-order chi connectivity index (χ0) is 17.2. The van der Waals surface area contributed by atoms with Gasteiger partial charge in [-0.3, -0.25) is 14.7 Å². The van der Waals surface area contributed by atoms with Crippen molar-refractivity contribution >= 4 is 5.91 Å². The number of ether oxygens (including phenoxy) is 2. The van der Waals surface area contributed by atoms with Gasteiger partial charge in [-0.05, 0) is 38.0 Å². The van der Waals surface area contributed by atoms with E-state index in [1.807, 2.05) is 31.1 Å². The zero-order valence-electron chi connectivity index (χ0n) is 14.8. The van der Waals surface area contributed by atoms with Crippen LogP contribution < -0.4 is 0 Å². The second-order valence-corrected chi connectivity index (χ2v) is 7.15. The number of morpholine rings is 1. The lowest BCUT2D eigenvalue weighted by atomic mass is 10.00. The molecule has 132 valence electrons. The van der Waals surface area contributed by atoms with E-state index in [9.17, 15) is 4.79 Å². The van der Waals surface area contributed by atoms with Crippen LogP contribution in [0.1, 0.15) is 25.0 Å². The Morgan fingerprint density at radius 1 is 1.38 bits per heavy atom. The van der Waals surface area contributed by atoms with Gasteiger partial charge in [0.05, 0.1) is 19.8 Å². The van der Waals surface area contributed by atoms with Gasteiger partial charge in [0.1, 0.15) is 12.2 Å². The highest BCUT2D eigenvalue weighted by Gasteiger charge is 2.42. The molecule has 0 bridgehead atoms. The fraction of sp³-hybridized carbons (Fsp3) is 0.667. The third-order valence-corrected chi connectivity index (χ3v) is 4.85. The van der Waals surface area contributed by atoms with Crippen LogP contribution in [0.25, 0.3) is 0 Å². The van der Waals surface area contributed by atoms with E-state index in [1.54, 1.807) is 0 Å². The number of carbonyl (C=O) groups is 1. The summed E-state index contributed by atoms with van der Waals surface area (Å²) in [7, 11) is 0. The van der Waals surface area contributed by atoms with Crippen LogP contribution in [0.2, 0.25) is 0 Å². The van der Waals surface area contributed by atoms with Crippen LogP contribution in [0.5, 0.6) is 0 Å². The average molecular weight is 333 g/mol. The van der Waals surface area contributed by atoms with E-state index in [0.29, 0.717) is 19.8 Å². The molecule has 24 heavy (non-hydrogen) atoms. The van der Waals surface area contributed by atoms with Crippen molar-refractivity contribution in [1.82, 2.24) is 14.8 Å². The number of aryl methyl sites for hydroxylation is 1. The predicted octanol–water partition coefficient (Wildman–Crippen LogP) is 1.23. The fourth-order valence-electron chi connectivity index (χ4n) is 3.48. The zero-order valence-corrected chi connectivity index (χ0v) is 14.8. The van der Waals surface area contributed by atoms with E-state index in [1.165, 1.54) is 11.1 Å². The maximum Gasteiger partial charge on any atom is 0.248 e. The van der Waals surface area contributed by atoms with E-state index in [-0.39, 0.29) is 18.6 Å². The molecule has 3 rings (SSSR count). The molecule has 1 aromatic rings.